The van der Waals surface area contributed by atoms with Crippen molar-refractivity contribution in [2.45, 2.75) is 31.2 Å². The molecule has 1 aliphatic rings. The van der Waals surface area contributed by atoms with Crippen LogP contribution in [0.25, 0.3) is 22.6 Å². The van der Waals surface area contributed by atoms with Crippen molar-refractivity contribution in [2.75, 3.05) is 0 Å². The first-order chi connectivity index (χ1) is 9.79. The van der Waals surface area contributed by atoms with Gasteiger partial charge in [-0.05, 0) is 31.4 Å². The SMILES string of the molecule is N[C@H]1CC[C@@H](c2nc(-c3cc4ccccc4o3)no2)C1. The van der Waals surface area contributed by atoms with E-state index < -0.39 is 0 Å². The zero-order valence-electron chi connectivity index (χ0n) is 11.0. The molecule has 1 fully saturated rings. The van der Waals surface area contributed by atoms with Crippen molar-refractivity contribution in [3.8, 4) is 11.6 Å². The molecule has 5 nitrogen and oxygen atoms in total. The predicted molar refractivity (Wildman–Crippen MR) is 74.1 cm³/mol. The van der Waals surface area contributed by atoms with Crippen LogP contribution >= 0.6 is 0 Å². The van der Waals surface area contributed by atoms with E-state index in [1.807, 2.05) is 30.3 Å². The summed E-state index contributed by atoms with van der Waals surface area (Å²) in [6.07, 6.45) is 2.96. The Labute approximate surface area is 115 Å². The largest absolute Gasteiger partial charge is 0.453 e. The third-order valence-corrected chi connectivity index (χ3v) is 3.91. The molecular formula is C15H15N3O2. The normalized spacial score (nSPS) is 22.6. The summed E-state index contributed by atoms with van der Waals surface area (Å²) in [5.74, 6) is 2.12. The van der Waals surface area contributed by atoms with Gasteiger partial charge >= 0.3 is 0 Å². The minimum absolute atomic E-state index is 0.251. The number of para-hydroxylation sites is 1. The molecule has 1 aromatic carbocycles. The van der Waals surface area contributed by atoms with Gasteiger partial charge in [0.05, 0.1) is 0 Å². The summed E-state index contributed by atoms with van der Waals surface area (Å²) >= 11 is 0. The first kappa shape index (κ1) is 11.7. The second-order valence-corrected chi connectivity index (χ2v) is 5.37. The fraction of sp³-hybridized carbons (Fsp3) is 0.333. The molecule has 0 amide bonds. The van der Waals surface area contributed by atoms with Crippen LogP contribution in [0.4, 0.5) is 0 Å². The van der Waals surface area contributed by atoms with E-state index in [1.54, 1.807) is 0 Å². The summed E-state index contributed by atoms with van der Waals surface area (Å²) in [4.78, 5) is 4.47. The van der Waals surface area contributed by atoms with E-state index in [9.17, 15) is 0 Å². The van der Waals surface area contributed by atoms with E-state index in [4.69, 9.17) is 14.7 Å². The van der Waals surface area contributed by atoms with Gasteiger partial charge in [0.15, 0.2) is 5.76 Å². The fourth-order valence-corrected chi connectivity index (χ4v) is 2.83. The van der Waals surface area contributed by atoms with E-state index in [1.165, 1.54) is 0 Å². The lowest BCUT2D eigenvalue weighted by Crippen LogP contribution is -2.14. The molecule has 20 heavy (non-hydrogen) atoms. The van der Waals surface area contributed by atoms with Gasteiger partial charge in [-0.25, -0.2) is 0 Å². The van der Waals surface area contributed by atoms with Crippen molar-refractivity contribution in [1.82, 2.24) is 10.1 Å². The van der Waals surface area contributed by atoms with Gasteiger partial charge in [0.25, 0.3) is 0 Å². The Morgan fingerprint density at radius 2 is 2.10 bits per heavy atom. The molecule has 1 saturated carbocycles. The average molecular weight is 269 g/mol. The molecular weight excluding hydrogens is 254 g/mol. The van der Waals surface area contributed by atoms with E-state index in [0.29, 0.717) is 17.5 Å². The minimum atomic E-state index is 0.251. The van der Waals surface area contributed by atoms with Crippen LogP contribution < -0.4 is 5.73 Å². The highest BCUT2D eigenvalue weighted by molar-refractivity contribution is 5.81. The maximum absolute atomic E-state index is 5.92. The molecule has 0 spiro atoms. The standard InChI is InChI=1S/C15H15N3O2/c16-11-6-5-10(7-11)15-17-14(18-20-15)13-8-9-3-1-2-4-12(9)19-13/h1-4,8,10-11H,5-7,16H2/t10-,11+/m1/s1. The van der Waals surface area contributed by atoms with Gasteiger partial charge in [-0.1, -0.05) is 23.4 Å². The monoisotopic (exact) mass is 269 g/mol. The Morgan fingerprint density at radius 3 is 2.90 bits per heavy atom. The smallest absolute Gasteiger partial charge is 0.238 e. The molecule has 4 rings (SSSR count). The van der Waals surface area contributed by atoms with E-state index >= 15 is 0 Å². The van der Waals surface area contributed by atoms with Gasteiger partial charge in [0.1, 0.15) is 5.58 Å². The minimum Gasteiger partial charge on any atom is -0.453 e. The van der Waals surface area contributed by atoms with Gasteiger partial charge in [-0.2, -0.15) is 4.98 Å². The van der Waals surface area contributed by atoms with Crippen LogP contribution in [0.15, 0.2) is 39.3 Å². The number of furan rings is 1. The summed E-state index contributed by atoms with van der Waals surface area (Å²) in [6.45, 7) is 0. The maximum Gasteiger partial charge on any atom is 0.238 e. The molecule has 0 unspecified atom stereocenters. The van der Waals surface area contributed by atoms with E-state index in [2.05, 4.69) is 10.1 Å². The highest BCUT2D eigenvalue weighted by Gasteiger charge is 2.28. The molecule has 0 radical (unpaired) electrons. The summed E-state index contributed by atoms with van der Waals surface area (Å²) in [7, 11) is 0. The fourth-order valence-electron chi connectivity index (χ4n) is 2.83. The molecule has 5 heteroatoms. The lowest BCUT2D eigenvalue weighted by molar-refractivity contribution is 0.353. The van der Waals surface area contributed by atoms with Gasteiger partial charge in [0.2, 0.25) is 11.7 Å². The number of nitrogens with two attached hydrogens (primary N) is 1. The van der Waals surface area contributed by atoms with Crippen molar-refractivity contribution < 1.29 is 8.94 Å². The number of benzene rings is 1. The third-order valence-electron chi connectivity index (χ3n) is 3.91. The summed E-state index contributed by atoms with van der Waals surface area (Å²) in [5.41, 5.74) is 6.75. The molecule has 102 valence electrons. The Morgan fingerprint density at radius 1 is 1.20 bits per heavy atom. The molecule has 3 aromatic rings. The molecule has 0 bridgehead atoms. The van der Waals surface area contributed by atoms with Crippen LogP contribution in [0, 0.1) is 0 Å². The van der Waals surface area contributed by atoms with Crippen molar-refractivity contribution in [1.29, 1.82) is 0 Å². The van der Waals surface area contributed by atoms with Crippen molar-refractivity contribution >= 4 is 11.0 Å². The highest BCUT2D eigenvalue weighted by Crippen LogP contribution is 2.34. The molecule has 2 N–H and O–H groups in total. The first-order valence-electron chi connectivity index (χ1n) is 6.88. The van der Waals surface area contributed by atoms with Gasteiger partial charge in [-0.15, -0.1) is 0 Å². The second kappa shape index (κ2) is 4.45. The summed E-state index contributed by atoms with van der Waals surface area (Å²) in [5, 5.41) is 5.07. The van der Waals surface area contributed by atoms with E-state index in [0.717, 1.165) is 30.2 Å². The zero-order chi connectivity index (χ0) is 13.5. The number of aromatic nitrogens is 2. The van der Waals surface area contributed by atoms with Crippen molar-refractivity contribution in [2.24, 2.45) is 5.73 Å². The molecule has 0 aliphatic heterocycles. The number of fused-ring (bicyclic) bond motifs is 1. The second-order valence-electron chi connectivity index (χ2n) is 5.37. The maximum atomic E-state index is 5.92. The van der Waals surface area contributed by atoms with E-state index in [-0.39, 0.29) is 12.0 Å². The molecule has 1 aliphatic carbocycles. The van der Waals surface area contributed by atoms with Gasteiger partial charge in [0, 0.05) is 17.3 Å². The van der Waals surface area contributed by atoms with Crippen LogP contribution in [-0.4, -0.2) is 16.2 Å². The quantitative estimate of drug-likeness (QED) is 0.773. The highest BCUT2D eigenvalue weighted by atomic mass is 16.5. The molecule has 2 atom stereocenters. The average Bonchev–Trinajstić information content (AvgIpc) is 3.16. The number of nitrogens with zero attached hydrogens (tertiary/aromatic N) is 2. The van der Waals surface area contributed by atoms with Gasteiger partial charge in [-0.3, -0.25) is 0 Å². The Balaban J connectivity index is 1.67. The van der Waals surface area contributed by atoms with Crippen molar-refractivity contribution in [3.63, 3.8) is 0 Å². The topological polar surface area (TPSA) is 78.1 Å². The molecule has 2 heterocycles. The van der Waals surface area contributed by atoms with Crippen LogP contribution in [0.3, 0.4) is 0 Å². The number of rotatable bonds is 2. The van der Waals surface area contributed by atoms with Crippen LogP contribution in [0.5, 0.6) is 0 Å². The first-order valence-corrected chi connectivity index (χ1v) is 6.88. The summed E-state index contributed by atoms with van der Waals surface area (Å²) in [6, 6.07) is 10.0. The molecule has 2 aromatic heterocycles. The lowest BCUT2D eigenvalue weighted by Gasteiger charge is -2.01. The lowest BCUT2D eigenvalue weighted by atomic mass is 10.1. The van der Waals surface area contributed by atoms with Crippen LogP contribution in [-0.2, 0) is 0 Å². The predicted octanol–water partition coefficient (Wildman–Crippen LogP) is 3.08. The molecule has 0 saturated heterocycles. The zero-order valence-corrected chi connectivity index (χ0v) is 11.0. The van der Waals surface area contributed by atoms with Crippen LogP contribution in [0.2, 0.25) is 0 Å². The number of hydrogen-bond acceptors (Lipinski definition) is 5. The Hall–Kier alpha value is -2.14. The number of hydrogen-bond donors (Lipinski definition) is 1. The summed E-state index contributed by atoms with van der Waals surface area (Å²) < 4.78 is 11.1. The van der Waals surface area contributed by atoms with Gasteiger partial charge < -0.3 is 14.7 Å². The van der Waals surface area contributed by atoms with Crippen molar-refractivity contribution in [3.05, 3.63) is 36.2 Å². The Kier molecular flexibility index (Phi) is 2.60. The Bertz CT molecular complexity index is 713. The van der Waals surface area contributed by atoms with Crippen LogP contribution in [0.1, 0.15) is 31.1 Å². The third kappa shape index (κ3) is 1.91.